The first-order valence-corrected chi connectivity index (χ1v) is 4.19. The molecule has 0 saturated carbocycles. The van der Waals surface area contributed by atoms with Gasteiger partial charge in [0.2, 0.25) is 0 Å². The standard InChI is InChI=1S/C9H8N2O3/c12-8-6-3-5(9(13)14)4-11-7(6)1-2-10-8/h3-4H,1-2H2,(H,10,12)(H,13,14). The molecule has 2 rings (SSSR count). The molecule has 2 heterocycles. The summed E-state index contributed by atoms with van der Waals surface area (Å²) >= 11 is 0. The van der Waals surface area contributed by atoms with Crippen molar-refractivity contribution in [3.8, 4) is 0 Å². The van der Waals surface area contributed by atoms with Gasteiger partial charge in [0.1, 0.15) is 0 Å². The minimum Gasteiger partial charge on any atom is -0.478 e. The molecule has 1 aliphatic heterocycles. The highest BCUT2D eigenvalue weighted by Gasteiger charge is 2.19. The van der Waals surface area contributed by atoms with Crippen LogP contribution in [0.5, 0.6) is 0 Å². The third-order valence-corrected chi connectivity index (χ3v) is 2.11. The van der Waals surface area contributed by atoms with Crippen LogP contribution in [-0.2, 0) is 6.42 Å². The molecule has 0 bridgehead atoms. The number of carboxylic acids is 1. The molecule has 5 heteroatoms. The van der Waals surface area contributed by atoms with Crippen molar-refractivity contribution in [1.82, 2.24) is 10.3 Å². The lowest BCUT2D eigenvalue weighted by atomic mass is 10.0. The average Bonchev–Trinajstić information content (AvgIpc) is 2.18. The van der Waals surface area contributed by atoms with Crippen LogP contribution in [-0.4, -0.2) is 28.5 Å². The number of rotatable bonds is 1. The minimum absolute atomic E-state index is 0.0424. The first-order chi connectivity index (χ1) is 6.68. The summed E-state index contributed by atoms with van der Waals surface area (Å²) in [4.78, 5) is 25.9. The molecule has 0 saturated heterocycles. The molecule has 2 N–H and O–H groups in total. The van der Waals surface area contributed by atoms with E-state index >= 15 is 0 Å². The Morgan fingerprint density at radius 3 is 3.07 bits per heavy atom. The van der Waals surface area contributed by atoms with Crippen molar-refractivity contribution in [3.63, 3.8) is 0 Å². The lowest BCUT2D eigenvalue weighted by Crippen LogP contribution is -2.32. The largest absolute Gasteiger partial charge is 0.478 e. The van der Waals surface area contributed by atoms with Crippen molar-refractivity contribution in [2.24, 2.45) is 0 Å². The summed E-state index contributed by atoms with van der Waals surface area (Å²) in [7, 11) is 0. The molecule has 0 aromatic carbocycles. The molecular formula is C9H8N2O3. The number of hydrogen-bond donors (Lipinski definition) is 2. The van der Waals surface area contributed by atoms with Crippen LogP contribution in [0, 0.1) is 0 Å². The summed E-state index contributed by atoms with van der Waals surface area (Å²) in [5.74, 6) is -1.32. The fourth-order valence-electron chi connectivity index (χ4n) is 1.40. The number of nitrogens with one attached hydrogen (secondary N) is 1. The van der Waals surface area contributed by atoms with Crippen molar-refractivity contribution in [2.75, 3.05) is 6.54 Å². The zero-order chi connectivity index (χ0) is 10.1. The number of aromatic nitrogens is 1. The number of hydrogen-bond acceptors (Lipinski definition) is 3. The van der Waals surface area contributed by atoms with Gasteiger partial charge < -0.3 is 10.4 Å². The van der Waals surface area contributed by atoms with Crippen LogP contribution in [0.1, 0.15) is 26.4 Å². The summed E-state index contributed by atoms with van der Waals surface area (Å²) in [6.07, 6.45) is 1.93. The summed E-state index contributed by atoms with van der Waals surface area (Å²) in [5.41, 5.74) is 1.08. The van der Waals surface area contributed by atoms with Gasteiger partial charge >= 0.3 is 5.97 Å². The number of carboxylic acid groups (broad SMARTS) is 1. The zero-order valence-electron chi connectivity index (χ0n) is 7.28. The molecule has 1 aliphatic rings. The fourth-order valence-corrected chi connectivity index (χ4v) is 1.40. The first kappa shape index (κ1) is 8.68. The summed E-state index contributed by atoms with van der Waals surface area (Å²) in [6, 6.07) is 1.36. The summed E-state index contributed by atoms with van der Waals surface area (Å²) in [6.45, 7) is 0.561. The van der Waals surface area contributed by atoms with Crippen LogP contribution in [0.25, 0.3) is 0 Å². The van der Waals surface area contributed by atoms with E-state index in [4.69, 9.17) is 5.11 Å². The lowest BCUT2D eigenvalue weighted by molar-refractivity contribution is 0.0696. The third kappa shape index (κ3) is 1.32. The van der Waals surface area contributed by atoms with Gasteiger partial charge in [-0.05, 0) is 6.07 Å². The molecule has 0 radical (unpaired) electrons. The van der Waals surface area contributed by atoms with Gasteiger partial charge in [-0.3, -0.25) is 9.78 Å². The molecule has 0 spiro atoms. The highest BCUT2D eigenvalue weighted by molar-refractivity contribution is 5.98. The van der Waals surface area contributed by atoms with Crippen molar-refractivity contribution < 1.29 is 14.7 Å². The SMILES string of the molecule is O=C(O)c1cnc2c(c1)C(=O)NCC2. The number of nitrogens with zero attached hydrogens (tertiary/aromatic N) is 1. The maximum atomic E-state index is 11.3. The Hall–Kier alpha value is -1.91. The highest BCUT2D eigenvalue weighted by Crippen LogP contribution is 2.12. The van der Waals surface area contributed by atoms with Crippen LogP contribution in [0.4, 0.5) is 0 Å². The van der Waals surface area contributed by atoms with E-state index in [1.807, 2.05) is 0 Å². The van der Waals surface area contributed by atoms with E-state index in [1.54, 1.807) is 0 Å². The van der Waals surface area contributed by atoms with Crippen molar-refractivity contribution in [1.29, 1.82) is 0 Å². The molecule has 0 atom stereocenters. The summed E-state index contributed by atoms with van der Waals surface area (Å²) < 4.78 is 0. The Bertz CT molecular complexity index is 415. The van der Waals surface area contributed by atoms with Gasteiger partial charge in [0.05, 0.1) is 16.8 Å². The monoisotopic (exact) mass is 192 g/mol. The normalized spacial score (nSPS) is 14.4. The van der Waals surface area contributed by atoms with Crippen LogP contribution in [0.15, 0.2) is 12.3 Å². The minimum atomic E-state index is -1.07. The Morgan fingerprint density at radius 2 is 2.36 bits per heavy atom. The van der Waals surface area contributed by atoms with Crippen molar-refractivity contribution in [2.45, 2.75) is 6.42 Å². The van der Waals surface area contributed by atoms with E-state index in [0.717, 1.165) is 0 Å². The number of pyridine rings is 1. The second-order valence-corrected chi connectivity index (χ2v) is 3.03. The fraction of sp³-hybridized carbons (Fsp3) is 0.222. The van der Waals surface area contributed by atoms with E-state index in [-0.39, 0.29) is 11.5 Å². The van der Waals surface area contributed by atoms with Gasteiger partial charge in [0, 0.05) is 19.2 Å². The Kier molecular flexibility index (Phi) is 1.92. The second-order valence-electron chi connectivity index (χ2n) is 3.03. The third-order valence-electron chi connectivity index (χ3n) is 2.11. The van der Waals surface area contributed by atoms with Gasteiger partial charge in [0.25, 0.3) is 5.91 Å². The number of carbonyl (C=O) groups is 2. The quantitative estimate of drug-likeness (QED) is 0.659. The molecule has 0 unspecified atom stereocenters. The van der Waals surface area contributed by atoms with Crippen LogP contribution in [0.3, 0.4) is 0 Å². The van der Waals surface area contributed by atoms with Gasteiger partial charge in [0.15, 0.2) is 0 Å². The van der Waals surface area contributed by atoms with E-state index in [9.17, 15) is 9.59 Å². The van der Waals surface area contributed by atoms with Crippen LogP contribution >= 0.6 is 0 Å². The maximum absolute atomic E-state index is 11.3. The predicted molar refractivity (Wildman–Crippen MR) is 47.2 cm³/mol. The molecule has 1 amide bonds. The van der Waals surface area contributed by atoms with Crippen molar-refractivity contribution in [3.05, 3.63) is 29.1 Å². The average molecular weight is 192 g/mol. The molecule has 5 nitrogen and oxygen atoms in total. The number of aromatic carboxylic acids is 1. The Labute approximate surface area is 79.8 Å². The van der Waals surface area contributed by atoms with E-state index in [0.29, 0.717) is 24.2 Å². The molecule has 1 aromatic rings. The zero-order valence-corrected chi connectivity index (χ0v) is 7.28. The van der Waals surface area contributed by atoms with Crippen LogP contribution in [0.2, 0.25) is 0 Å². The second kappa shape index (κ2) is 3.10. The van der Waals surface area contributed by atoms with Crippen LogP contribution < -0.4 is 5.32 Å². The summed E-state index contributed by atoms with van der Waals surface area (Å²) in [5, 5.41) is 11.3. The molecule has 1 aromatic heterocycles. The van der Waals surface area contributed by atoms with Gasteiger partial charge in [-0.25, -0.2) is 4.79 Å². The smallest absolute Gasteiger partial charge is 0.337 e. The number of carbonyl (C=O) groups excluding carboxylic acids is 1. The molecule has 0 fully saturated rings. The number of fused-ring (bicyclic) bond motifs is 1. The predicted octanol–water partition coefficient (Wildman–Crippen LogP) is 0.0657. The molecular weight excluding hydrogens is 184 g/mol. The first-order valence-electron chi connectivity index (χ1n) is 4.19. The molecule has 14 heavy (non-hydrogen) atoms. The lowest BCUT2D eigenvalue weighted by Gasteiger charge is -2.15. The molecule has 0 aliphatic carbocycles. The van der Waals surface area contributed by atoms with Gasteiger partial charge in [-0.15, -0.1) is 0 Å². The van der Waals surface area contributed by atoms with Crippen molar-refractivity contribution >= 4 is 11.9 Å². The maximum Gasteiger partial charge on any atom is 0.337 e. The molecule has 72 valence electrons. The Balaban J connectivity index is 2.51. The van der Waals surface area contributed by atoms with Gasteiger partial charge in [-0.2, -0.15) is 0 Å². The van der Waals surface area contributed by atoms with E-state index < -0.39 is 5.97 Å². The topological polar surface area (TPSA) is 79.3 Å². The highest BCUT2D eigenvalue weighted by atomic mass is 16.4. The van der Waals surface area contributed by atoms with Gasteiger partial charge in [-0.1, -0.05) is 0 Å². The Morgan fingerprint density at radius 1 is 1.57 bits per heavy atom. The van der Waals surface area contributed by atoms with E-state index in [2.05, 4.69) is 10.3 Å². The van der Waals surface area contributed by atoms with E-state index in [1.165, 1.54) is 12.3 Å². The number of amides is 1.